The molecule has 0 aliphatic carbocycles. The molecule has 0 amide bonds. The normalized spacial score (nSPS) is 10.8. The number of hydrogen-bond acceptors (Lipinski definition) is 2. The quantitative estimate of drug-likeness (QED) is 0.606. The molecule has 1 N–H and O–H groups in total. The lowest BCUT2D eigenvalue weighted by Crippen LogP contribution is -1.88. The molecule has 0 aliphatic rings. The van der Waals surface area contributed by atoms with Gasteiger partial charge in [-0.3, -0.25) is 0 Å². The highest BCUT2D eigenvalue weighted by atomic mass is 127. The van der Waals surface area contributed by atoms with E-state index < -0.39 is 0 Å². The van der Waals surface area contributed by atoms with Crippen LogP contribution in [-0.2, 0) is 4.43 Å². The van der Waals surface area contributed by atoms with Crippen molar-refractivity contribution in [1.82, 2.24) is 15.0 Å². The summed E-state index contributed by atoms with van der Waals surface area (Å²) in [5.41, 5.74) is 2.03. The number of alkyl halides is 1. The Kier molecular flexibility index (Phi) is 2.49. The number of nitrogens with zero attached hydrogens (tertiary/aromatic N) is 2. The molecule has 0 bridgehead atoms. The first-order valence-electron chi connectivity index (χ1n) is 3.35. The molecule has 2 heterocycles. The van der Waals surface area contributed by atoms with Crippen LogP contribution in [0, 0.1) is 3.57 Å². The highest BCUT2D eigenvalue weighted by Crippen LogP contribution is 2.22. The summed E-state index contributed by atoms with van der Waals surface area (Å²) in [7, 11) is 0. The van der Waals surface area contributed by atoms with Crippen LogP contribution in [0.1, 0.15) is 5.69 Å². The predicted octanol–water partition coefficient (Wildman–Crippen LogP) is 2.50. The summed E-state index contributed by atoms with van der Waals surface area (Å²) in [6.07, 6.45) is 3.55. The third kappa shape index (κ3) is 1.32. The van der Waals surface area contributed by atoms with Gasteiger partial charge in [0.1, 0.15) is 12.0 Å². The number of aromatic amines is 1. The van der Waals surface area contributed by atoms with E-state index in [1.807, 2.05) is 6.20 Å². The molecule has 0 atom stereocenters. The first-order chi connectivity index (χ1) is 5.83. The summed E-state index contributed by atoms with van der Waals surface area (Å²) < 4.78 is 2.11. The number of aromatic nitrogens is 3. The Hall–Kier alpha value is 0.0800. The maximum absolute atomic E-state index is 4.22. The Morgan fingerprint density at radius 3 is 3.00 bits per heavy atom. The van der Waals surface area contributed by atoms with Crippen LogP contribution in [0.5, 0.6) is 0 Å². The van der Waals surface area contributed by atoms with Gasteiger partial charge in [-0.2, -0.15) is 0 Å². The highest BCUT2D eigenvalue weighted by molar-refractivity contribution is 14.1. The van der Waals surface area contributed by atoms with Crippen LogP contribution in [0.2, 0.25) is 0 Å². The Morgan fingerprint density at radius 2 is 2.25 bits per heavy atom. The molecule has 0 fully saturated rings. The Bertz CT molecular complexity index is 410. The van der Waals surface area contributed by atoms with Crippen LogP contribution in [0.25, 0.3) is 11.0 Å². The third-order valence-corrected chi connectivity index (χ3v) is 3.20. The van der Waals surface area contributed by atoms with Crippen molar-refractivity contribution >= 4 is 56.2 Å². The average molecular weight is 385 g/mol. The van der Waals surface area contributed by atoms with Gasteiger partial charge in [0, 0.05) is 14.2 Å². The zero-order chi connectivity index (χ0) is 8.55. The van der Waals surface area contributed by atoms with Crippen molar-refractivity contribution in [2.24, 2.45) is 0 Å². The lowest BCUT2D eigenvalue weighted by atomic mass is 10.3. The minimum Gasteiger partial charge on any atom is -0.345 e. The maximum Gasteiger partial charge on any atom is 0.142 e. The summed E-state index contributed by atoms with van der Waals surface area (Å²) in [5.74, 6) is 0. The van der Waals surface area contributed by atoms with Crippen molar-refractivity contribution < 1.29 is 0 Å². The average Bonchev–Trinajstić information content (AvgIpc) is 2.48. The SMILES string of the molecule is ICc1ncnc2[nH]cc(I)c12. The lowest BCUT2D eigenvalue weighted by molar-refractivity contribution is 1.14. The zero-order valence-electron chi connectivity index (χ0n) is 6.01. The van der Waals surface area contributed by atoms with E-state index in [0.29, 0.717) is 0 Å². The Labute approximate surface area is 96.7 Å². The van der Waals surface area contributed by atoms with Crippen molar-refractivity contribution in [3.05, 3.63) is 21.8 Å². The second-order valence-electron chi connectivity index (χ2n) is 2.31. The van der Waals surface area contributed by atoms with E-state index in [4.69, 9.17) is 0 Å². The lowest BCUT2D eigenvalue weighted by Gasteiger charge is -1.95. The Morgan fingerprint density at radius 1 is 1.42 bits per heavy atom. The van der Waals surface area contributed by atoms with E-state index in [-0.39, 0.29) is 0 Å². The van der Waals surface area contributed by atoms with Gasteiger partial charge in [-0.15, -0.1) is 0 Å². The molecule has 0 aliphatic heterocycles. The minimum absolute atomic E-state index is 0.921. The fraction of sp³-hybridized carbons (Fsp3) is 0.143. The number of rotatable bonds is 1. The molecule has 0 radical (unpaired) electrons. The van der Waals surface area contributed by atoms with Crippen LogP contribution < -0.4 is 0 Å². The van der Waals surface area contributed by atoms with Crippen LogP contribution in [0.15, 0.2) is 12.5 Å². The molecule has 0 saturated heterocycles. The molecule has 2 aromatic heterocycles. The largest absolute Gasteiger partial charge is 0.345 e. The van der Waals surface area contributed by atoms with Gasteiger partial charge in [0.25, 0.3) is 0 Å². The number of halogens is 2. The predicted molar refractivity (Wildman–Crippen MR) is 64.3 cm³/mol. The smallest absolute Gasteiger partial charge is 0.142 e. The summed E-state index contributed by atoms with van der Waals surface area (Å²) in [5, 5.41) is 1.16. The topological polar surface area (TPSA) is 41.6 Å². The standard InChI is InChI=1S/C7H5I2N3/c8-1-5-6-4(9)2-10-7(6)12-3-11-5/h2-3H,1H2,(H,10,11,12). The summed E-state index contributed by atoms with van der Waals surface area (Å²) in [6.45, 7) is 0. The van der Waals surface area contributed by atoms with Gasteiger partial charge in [-0.1, -0.05) is 22.6 Å². The van der Waals surface area contributed by atoms with E-state index >= 15 is 0 Å². The van der Waals surface area contributed by atoms with Crippen LogP contribution >= 0.6 is 45.2 Å². The summed E-state index contributed by atoms with van der Waals surface area (Å²) in [6, 6.07) is 0. The maximum atomic E-state index is 4.22. The van der Waals surface area contributed by atoms with Gasteiger partial charge in [0.15, 0.2) is 0 Å². The molecule has 12 heavy (non-hydrogen) atoms. The molecule has 62 valence electrons. The molecular weight excluding hydrogens is 380 g/mol. The number of fused-ring (bicyclic) bond motifs is 1. The fourth-order valence-electron chi connectivity index (χ4n) is 1.09. The van der Waals surface area contributed by atoms with Crippen LogP contribution in [0.3, 0.4) is 0 Å². The molecule has 0 aromatic carbocycles. The fourth-order valence-corrected chi connectivity index (χ4v) is 2.39. The molecule has 0 spiro atoms. The molecule has 2 aromatic rings. The molecule has 5 heteroatoms. The van der Waals surface area contributed by atoms with E-state index in [9.17, 15) is 0 Å². The molecular formula is C7H5I2N3. The highest BCUT2D eigenvalue weighted by Gasteiger charge is 2.06. The Balaban J connectivity index is 2.84. The number of nitrogens with one attached hydrogen (secondary N) is 1. The zero-order valence-corrected chi connectivity index (χ0v) is 10.3. The third-order valence-electron chi connectivity index (χ3n) is 1.63. The second-order valence-corrected chi connectivity index (χ2v) is 4.24. The molecule has 2 rings (SSSR count). The monoisotopic (exact) mass is 385 g/mol. The first-order valence-corrected chi connectivity index (χ1v) is 5.96. The molecule has 0 saturated carbocycles. The minimum atomic E-state index is 0.921. The van der Waals surface area contributed by atoms with Gasteiger partial charge < -0.3 is 4.98 Å². The summed E-state index contributed by atoms with van der Waals surface area (Å²) in [4.78, 5) is 11.5. The van der Waals surface area contributed by atoms with E-state index in [2.05, 4.69) is 60.1 Å². The second kappa shape index (κ2) is 3.44. The van der Waals surface area contributed by atoms with Gasteiger partial charge in [-0.25, -0.2) is 9.97 Å². The van der Waals surface area contributed by atoms with E-state index in [1.165, 1.54) is 3.57 Å². The molecule has 0 unspecified atom stereocenters. The van der Waals surface area contributed by atoms with Crippen molar-refractivity contribution in [1.29, 1.82) is 0 Å². The van der Waals surface area contributed by atoms with Crippen molar-refractivity contribution in [3.8, 4) is 0 Å². The number of H-pyrrole nitrogens is 1. The van der Waals surface area contributed by atoms with Crippen molar-refractivity contribution in [2.75, 3.05) is 0 Å². The van der Waals surface area contributed by atoms with Crippen LogP contribution in [-0.4, -0.2) is 15.0 Å². The summed E-state index contributed by atoms with van der Waals surface area (Å²) >= 11 is 4.60. The number of hydrogen-bond donors (Lipinski definition) is 1. The first kappa shape index (κ1) is 8.67. The van der Waals surface area contributed by atoms with Gasteiger partial charge in [-0.05, 0) is 22.6 Å². The van der Waals surface area contributed by atoms with Crippen molar-refractivity contribution in [2.45, 2.75) is 4.43 Å². The van der Waals surface area contributed by atoms with Crippen molar-refractivity contribution in [3.63, 3.8) is 0 Å². The van der Waals surface area contributed by atoms with Gasteiger partial charge >= 0.3 is 0 Å². The van der Waals surface area contributed by atoms with Gasteiger partial charge in [0.05, 0.1) is 11.1 Å². The molecule has 3 nitrogen and oxygen atoms in total. The van der Waals surface area contributed by atoms with Gasteiger partial charge in [0.2, 0.25) is 0 Å². The van der Waals surface area contributed by atoms with E-state index in [1.54, 1.807) is 6.33 Å². The van der Waals surface area contributed by atoms with Crippen LogP contribution in [0.4, 0.5) is 0 Å². The van der Waals surface area contributed by atoms with E-state index in [0.717, 1.165) is 21.2 Å².